The quantitative estimate of drug-likeness (QED) is 0.701. The van der Waals surface area contributed by atoms with Crippen LogP contribution in [0.15, 0.2) is 0 Å². The van der Waals surface area contributed by atoms with E-state index in [4.69, 9.17) is 5.73 Å². The molecule has 0 saturated heterocycles. The van der Waals surface area contributed by atoms with Crippen LogP contribution in [0.25, 0.3) is 0 Å². The third-order valence-corrected chi connectivity index (χ3v) is 3.66. The molecular weight excluding hydrogens is 184 g/mol. The molecule has 0 bridgehead atoms. The lowest BCUT2D eigenvalue weighted by Gasteiger charge is -2.18. The first kappa shape index (κ1) is 13.0. The average molecular weight is 212 g/mol. The van der Waals surface area contributed by atoms with Gasteiger partial charge in [0.05, 0.1) is 0 Å². The van der Waals surface area contributed by atoms with E-state index >= 15 is 0 Å². The van der Waals surface area contributed by atoms with Gasteiger partial charge < -0.3 is 11.1 Å². The maximum absolute atomic E-state index is 6.06. The Morgan fingerprint density at radius 3 is 1.73 bits per heavy atom. The Hall–Kier alpha value is -0.0800. The number of rotatable bonds is 1. The molecule has 0 aromatic heterocycles. The first-order valence-electron chi connectivity index (χ1n) is 6.76. The van der Waals surface area contributed by atoms with E-state index in [2.05, 4.69) is 12.4 Å². The summed E-state index contributed by atoms with van der Waals surface area (Å²) < 4.78 is 0. The van der Waals surface area contributed by atoms with E-state index in [9.17, 15) is 0 Å². The first-order valence-corrected chi connectivity index (χ1v) is 6.76. The van der Waals surface area contributed by atoms with Crippen LogP contribution in [0.2, 0.25) is 0 Å². The molecule has 1 aliphatic rings. The minimum atomic E-state index is 0.476. The van der Waals surface area contributed by atoms with Crippen LogP contribution in [0, 0.1) is 0 Å². The molecule has 1 rings (SSSR count). The third-order valence-electron chi connectivity index (χ3n) is 3.66. The van der Waals surface area contributed by atoms with Gasteiger partial charge in [0.2, 0.25) is 0 Å². The van der Waals surface area contributed by atoms with E-state index in [-0.39, 0.29) is 0 Å². The van der Waals surface area contributed by atoms with Crippen molar-refractivity contribution in [2.75, 3.05) is 7.05 Å². The molecule has 0 atom stereocenters. The van der Waals surface area contributed by atoms with E-state index in [0.29, 0.717) is 6.04 Å². The Morgan fingerprint density at radius 1 is 0.800 bits per heavy atom. The minimum absolute atomic E-state index is 0.476. The molecule has 0 aromatic rings. The molecule has 2 nitrogen and oxygen atoms in total. The van der Waals surface area contributed by atoms with Crippen molar-refractivity contribution in [1.29, 1.82) is 0 Å². The average Bonchev–Trinajstić information content (AvgIpc) is 2.23. The predicted octanol–water partition coefficient (Wildman–Crippen LogP) is 2.82. The summed E-state index contributed by atoms with van der Waals surface area (Å²) in [6.45, 7) is 0. The van der Waals surface area contributed by atoms with Crippen LogP contribution in [-0.2, 0) is 0 Å². The molecule has 15 heavy (non-hydrogen) atoms. The van der Waals surface area contributed by atoms with Crippen LogP contribution in [0.4, 0.5) is 0 Å². The summed E-state index contributed by atoms with van der Waals surface area (Å²) in [4.78, 5) is 0. The largest absolute Gasteiger partial charge is 0.328 e. The third kappa shape index (κ3) is 6.16. The van der Waals surface area contributed by atoms with Crippen LogP contribution in [-0.4, -0.2) is 19.1 Å². The number of hydrogen-bond acceptors (Lipinski definition) is 2. The molecule has 1 aliphatic carbocycles. The van der Waals surface area contributed by atoms with Crippen LogP contribution >= 0.6 is 0 Å². The Kier molecular flexibility index (Phi) is 7.03. The van der Waals surface area contributed by atoms with Gasteiger partial charge >= 0.3 is 0 Å². The number of nitrogens with one attached hydrogen (secondary N) is 1. The lowest BCUT2D eigenvalue weighted by atomic mass is 9.96. The van der Waals surface area contributed by atoms with Crippen LogP contribution in [0.3, 0.4) is 0 Å². The molecule has 0 radical (unpaired) electrons. The lowest BCUT2D eigenvalue weighted by Crippen LogP contribution is -2.25. The molecule has 0 aliphatic heterocycles. The van der Waals surface area contributed by atoms with Gasteiger partial charge in [0.25, 0.3) is 0 Å². The first-order chi connectivity index (χ1) is 7.33. The topological polar surface area (TPSA) is 38.0 Å². The molecule has 1 fully saturated rings. The van der Waals surface area contributed by atoms with Crippen LogP contribution in [0.1, 0.15) is 64.2 Å². The van der Waals surface area contributed by atoms with Gasteiger partial charge in [0, 0.05) is 12.1 Å². The van der Waals surface area contributed by atoms with E-state index in [1.165, 1.54) is 64.2 Å². The Labute approximate surface area is 95.0 Å². The summed E-state index contributed by atoms with van der Waals surface area (Å²) in [5.74, 6) is 0. The second kappa shape index (κ2) is 8.12. The second-order valence-corrected chi connectivity index (χ2v) is 5.02. The summed E-state index contributed by atoms with van der Waals surface area (Å²) in [5, 5.41) is 3.44. The van der Waals surface area contributed by atoms with Crippen molar-refractivity contribution >= 4 is 0 Å². The van der Waals surface area contributed by atoms with Gasteiger partial charge in [-0.25, -0.2) is 0 Å². The van der Waals surface area contributed by atoms with Crippen molar-refractivity contribution in [2.45, 2.75) is 76.3 Å². The SMILES string of the molecule is CNC1CCCCCC(N)CCCCC1. The van der Waals surface area contributed by atoms with E-state index in [0.717, 1.165) is 6.04 Å². The highest BCUT2D eigenvalue weighted by Crippen LogP contribution is 2.16. The molecule has 3 N–H and O–H groups in total. The summed E-state index contributed by atoms with van der Waals surface area (Å²) in [7, 11) is 2.10. The highest BCUT2D eigenvalue weighted by Gasteiger charge is 2.08. The van der Waals surface area contributed by atoms with Gasteiger partial charge in [-0.3, -0.25) is 0 Å². The highest BCUT2D eigenvalue weighted by molar-refractivity contribution is 4.68. The van der Waals surface area contributed by atoms with Crippen LogP contribution < -0.4 is 11.1 Å². The molecule has 1 saturated carbocycles. The zero-order valence-corrected chi connectivity index (χ0v) is 10.3. The normalized spacial score (nSPS) is 31.6. The molecule has 2 heteroatoms. The van der Waals surface area contributed by atoms with Gasteiger partial charge in [0.1, 0.15) is 0 Å². The van der Waals surface area contributed by atoms with Crippen molar-refractivity contribution in [3.63, 3.8) is 0 Å². The maximum Gasteiger partial charge on any atom is 0.00640 e. The van der Waals surface area contributed by atoms with Crippen LogP contribution in [0.5, 0.6) is 0 Å². The zero-order chi connectivity index (χ0) is 10.9. The smallest absolute Gasteiger partial charge is 0.00640 e. The van der Waals surface area contributed by atoms with Gasteiger partial charge in [0.15, 0.2) is 0 Å². The molecule has 0 amide bonds. The Balaban J connectivity index is 2.23. The monoisotopic (exact) mass is 212 g/mol. The highest BCUT2D eigenvalue weighted by atomic mass is 14.9. The van der Waals surface area contributed by atoms with Crippen molar-refractivity contribution in [3.8, 4) is 0 Å². The van der Waals surface area contributed by atoms with E-state index < -0.39 is 0 Å². The van der Waals surface area contributed by atoms with Crippen molar-refractivity contribution in [1.82, 2.24) is 5.32 Å². The fourth-order valence-electron chi connectivity index (χ4n) is 2.53. The molecule has 0 aromatic carbocycles. The van der Waals surface area contributed by atoms with Crippen molar-refractivity contribution in [2.24, 2.45) is 5.73 Å². The van der Waals surface area contributed by atoms with Gasteiger partial charge in [-0.2, -0.15) is 0 Å². The minimum Gasteiger partial charge on any atom is -0.328 e. The molecular formula is C13H28N2. The van der Waals surface area contributed by atoms with Gasteiger partial charge in [-0.15, -0.1) is 0 Å². The summed E-state index contributed by atoms with van der Waals surface area (Å²) in [6.07, 6.45) is 13.3. The summed E-state index contributed by atoms with van der Waals surface area (Å²) >= 11 is 0. The molecule has 0 heterocycles. The van der Waals surface area contributed by atoms with E-state index in [1.807, 2.05) is 0 Å². The number of nitrogens with two attached hydrogens (primary N) is 1. The number of hydrogen-bond donors (Lipinski definition) is 2. The molecule has 0 spiro atoms. The summed E-state index contributed by atoms with van der Waals surface area (Å²) in [6, 6.07) is 1.24. The Morgan fingerprint density at radius 2 is 1.27 bits per heavy atom. The summed E-state index contributed by atoms with van der Waals surface area (Å²) in [5.41, 5.74) is 6.06. The van der Waals surface area contributed by atoms with Crippen molar-refractivity contribution < 1.29 is 0 Å². The molecule has 0 unspecified atom stereocenters. The Bertz CT molecular complexity index is 133. The standard InChI is InChI=1S/C13H28N2/c1-15-13-10-6-2-4-8-12(14)9-5-3-7-11-13/h12-13,15H,2-11,14H2,1H3. The van der Waals surface area contributed by atoms with Gasteiger partial charge in [-0.05, 0) is 32.7 Å². The fraction of sp³-hybridized carbons (Fsp3) is 1.00. The maximum atomic E-state index is 6.06. The zero-order valence-electron chi connectivity index (χ0n) is 10.3. The van der Waals surface area contributed by atoms with Crippen molar-refractivity contribution in [3.05, 3.63) is 0 Å². The fourth-order valence-corrected chi connectivity index (χ4v) is 2.53. The second-order valence-electron chi connectivity index (χ2n) is 5.02. The lowest BCUT2D eigenvalue weighted by molar-refractivity contribution is 0.412. The predicted molar refractivity (Wildman–Crippen MR) is 67.0 cm³/mol. The molecule has 90 valence electrons. The van der Waals surface area contributed by atoms with Gasteiger partial charge in [-0.1, -0.05) is 38.5 Å². The van der Waals surface area contributed by atoms with E-state index in [1.54, 1.807) is 0 Å².